The number of ketones is 1. The van der Waals surface area contributed by atoms with E-state index in [0.29, 0.717) is 31.8 Å². The van der Waals surface area contributed by atoms with Crippen molar-refractivity contribution in [3.05, 3.63) is 0 Å². The highest BCUT2D eigenvalue weighted by Gasteiger charge is 2.17. The van der Waals surface area contributed by atoms with E-state index < -0.39 is 12.1 Å². The van der Waals surface area contributed by atoms with E-state index in [2.05, 4.69) is 16.0 Å². The van der Waals surface area contributed by atoms with Gasteiger partial charge in [0.2, 0.25) is 11.8 Å². The molecule has 3 N–H and O–H groups in total. The van der Waals surface area contributed by atoms with Crippen molar-refractivity contribution in [3.8, 4) is 0 Å². The van der Waals surface area contributed by atoms with Crippen LogP contribution in [0.2, 0.25) is 0 Å². The monoisotopic (exact) mass is 299 g/mol. The topological polar surface area (TPSA) is 87.3 Å². The molecular formula is C15H29N3O3. The molecule has 2 amide bonds. The molecule has 0 fully saturated rings. The first-order valence-electron chi connectivity index (χ1n) is 7.61. The number of rotatable bonds is 10. The first-order chi connectivity index (χ1) is 9.77. The summed E-state index contributed by atoms with van der Waals surface area (Å²) in [5.41, 5.74) is 0. The molecular weight excluding hydrogens is 270 g/mol. The molecule has 0 aliphatic heterocycles. The first kappa shape index (κ1) is 19.6. The van der Waals surface area contributed by atoms with Crippen molar-refractivity contribution in [2.24, 2.45) is 5.92 Å². The summed E-state index contributed by atoms with van der Waals surface area (Å²) in [6, 6.07) is -0.864. The average Bonchev–Trinajstić information content (AvgIpc) is 2.41. The Hall–Kier alpha value is -1.43. The number of hydrogen-bond donors (Lipinski definition) is 3. The molecule has 122 valence electrons. The van der Waals surface area contributed by atoms with Gasteiger partial charge in [0.1, 0.15) is 0 Å². The zero-order chi connectivity index (χ0) is 16.4. The highest BCUT2D eigenvalue weighted by molar-refractivity contribution is 5.90. The average molecular weight is 299 g/mol. The van der Waals surface area contributed by atoms with Crippen molar-refractivity contribution in [2.75, 3.05) is 13.1 Å². The fraction of sp³-hybridized carbons (Fsp3) is 0.800. The molecule has 0 aliphatic rings. The number of amides is 2. The molecule has 0 saturated carbocycles. The quantitative estimate of drug-likeness (QED) is 0.516. The van der Waals surface area contributed by atoms with Crippen LogP contribution < -0.4 is 16.0 Å². The van der Waals surface area contributed by atoms with Crippen molar-refractivity contribution in [1.82, 2.24) is 16.0 Å². The van der Waals surface area contributed by atoms with Crippen molar-refractivity contribution in [1.29, 1.82) is 0 Å². The van der Waals surface area contributed by atoms with Gasteiger partial charge in [-0.05, 0) is 19.8 Å². The minimum Gasteiger partial charge on any atom is -0.355 e. The van der Waals surface area contributed by atoms with Crippen LogP contribution in [0.5, 0.6) is 0 Å². The van der Waals surface area contributed by atoms with E-state index >= 15 is 0 Å². The molecule has 0 aromatic heterocycles. The number of nitrogens with one attached hydrogen (secondary N) is 3. The van der Waals surface area contributed by atoms with E-state index in [9.17, 15) is 14.4 Å². The van der Waals surface area contributed by atoms with Crippen LogP contribution in [-0.2, 0) is 14.4 Å². The largest absolute Gasteiger partial charge is 0.355 e. The molecule has 0 radical (unpaired) electrons. The van der Waals surface area contributed by atoms with Gasteiger partial charge in [0.25, 0.3) is 0 Å². The van der Waals surface area contributed by atoms with Crippen molar-refractivity contribution in [3.63, 3.8) is 0 Å². The zero-order valence-electron chi connectivity index (χ0n) is 13.8. The summed E-state index contributed by atoms with van der Waals surface area (Å²) in [6.45, 7) is 10.1. The van der Waals surface area contributed by atoms with Crippen LogP contribution in [0, 0.1) is 5.92 Å². The second kappa shape index (κ2) is 10.3. The molecule has 0 unspecified atom stereocenters. The number of carbonyl (C=O) groups is 3. The lowest BCUT2D eigenvalue weighted by Crippen LogP contribution is -2.49. The van der Waals surface area contributed by atoms with Gasteiger partial charge in [-0.1, -0.05) is 20.8 Å². The lowest BCUT2D eigenvalue weighted by Gasteiger charge is -2.17. The molecule has 0 spiro atoms. The molecule has 0 bridgehead atoms. The summed E-state index contributed by atoms with van der Waals surface area (Å²) in [7, 11) is 0. The van der Waals surface area contributed by atoms with Crippen molar-refractivity contribution < 1.29 is 14.4 Å². The SMILES string of the molecule is CCC(=O)[C@H](C)NC(=O)[C@H](C)NCCNC(=O)CC(C)C. The van der Waals surface area contributed by atoms with E-state index in [1.807, 2.05) is 13.8 Å². The van der Waals surface area contributed by atoms with Gasteiger partial charge in [-0.25, -0.2) is 0 Å². The number of hydrogen-bond acceptors (Lipinski definition) is 4. The smallest absolute Gasteiger partial charge is 0.237 e. The molecule has 2 atom stereocenters. The van der Waals surface area contributed by atoms with Crippen molar-refractivity contribution >= 4 is 17.6 Å². The van der Waals surface area contributed by atoms with Gasteiger partial charge in [0.15, 0.2) is 5.78 Å². The fourth-order valence-corrected chi connectivity index (χ4v) is 1.75. The van der Waals surface area contributed by atoms with E-state index in [-0.39, 0.29) is 17.6 Å². The van der Waals surface area contributed by atoms with Crippen LogP contribution >= 0.6 is 0 Å². The Morgan fingerprint density at radius 1 is 0.952 bits per heavy atom. The molecule has 6 heteroatoms. The summed E-state index contributed by atoms with van der Waals surface area (Å²) >= 11 is 0. The molecule has 21 heavy (non-hydrogen) atoms. The Balaban J connectivity index is 3.88. The molecule has 6 nitrogen and oxygen atoms in total. The molecule has 0 aromatic rings. The Morgan fingerprint density at radius 2 is 1.57 bits per heavy atom. The van der Waals surface area contributed by atoms with Gasteiger partial charge in [-0.15, -0.1) is 0 Å². The highest BCUT2D eigenvalue weighted by atomic mass is 16.2. The summed E-state index contributed by atoms with van der Waals surface area (Å²) < 4.78 is 0. The minimum atomic E-state index is -0.461. The normalized spacial score (nSPS) is 13.6. The Labute approximate surface area is 127 Å². The third kappa shape index (κ3) is 9.18. The van der Waals surface area contributed by atoms with E-state index in [1.165, 1.54) is 0 Å². The molecule has 0 aromatic carbocycles. The van der Waals surface area contributed by atoms with Crippen LogP contribution in [0.4, 0.5) is 0 Å². The summed E-state index contributed by atoms with van der Waals surface area (Å²) in [4.78, 5) is 34.7. The summed E-state index contributed by atoms with van der Waals surface area (Å²) in [5.74, 6) is 0.153. The van der Waals surface area contributed by atoms with Crippen LogP contribution in [0.1, 0.15) is 47.5 Å². The Morgan fingerprint density at radius 3 is 2.10 bits per heavy atom. The lowest BCUT2D eigenvalue weighted by molar-refractivity contribution is -0.128. The molecule has 0 aliphatic carbocycles. The zero-order valence-corrected chi connectivity index (χ0v) is 13.8. The predicted octanol–water partition coefficient (Wildman–Crippen LogP) is 0.611. The maximum atomic E-state index is 11.8. The van der Waals surface area contributed by atoms with Crippen LogP contribution in [-0.4, -0.2) is 42.8 Å². The summed E-state index contributed by atoms with van der Waals surface area (Å²) in [5, 5.41) is 8.47. The van der Waals surface area contributed by atoms with Crippen LogP contribution in [0.15, 0.2) is 0 Å². The first-order valence-corrected chi connectivity index (χ1v) is 7.61. The van der Waals surface area contributed by atoms with Gasteiger partial charge in [0, 0.05) is 25.9 Å². The van der Waals surface area contributed by atoms with Crippen LogP contribution in [0.3, 0.4) is 0 Å². The third-order valence-electron chi connectivity index (χ3n) is 3.07. The van der Waals surface area contributed by atoms with Crippen molar-refractivity contribution in [2.45, 2.75) is 59.5 Å². The number of carbonyl (C=O) groups excluding carboxylic acids is 3. The second-order valence-corrected chi connectivity index (χ2v) is 5.67. The molecule has 0 rings (SSSR count). The Bertz CT molecular complexity index is 356. The van der Waals surface area contributed by atoms with E-state index in [4.69, 9.17) is 0 Å². The number of Topliss-reactive ketones (excluding diaryl/α,β-unsaturated/α-hetero) is 1. The highest BCUT2D eigenvalue weighted by Crippen LogP contribution is 1.97. The maximum absolute atomic E-state index is 11.8. The minimum absolute atomic E-state index is 0.0106. The second-order valence-electron chi connectivity index (χ2n) is 5.67. The third-order valence-corrected chi connectivity index (χ3v) is 3.07. The fourth-order valence-electron chi connectivity index (χ4n) is 1.75. The predicted molar refractivity (Wildman–Crippen MR) is 82.8 cm³/mol. The maximum Gasteiger partial charge on any atom is 0.237 e. The molecule has 0 heterocycles. The van der Waals surface area contributed by atoms with Gasteiger partial charge < -0.3 is 16.0 Å². The Kier molecular flexibility index (Phi) is 9.62. The summed E-state index contributed by atoms with van der Waals surface area (Å²) in [6.07, 6.45) is 0.915. The van der Waals surface area contributed by atoms with E-state index in [0.717, 1.165) is 0 Å². The standard InChI is InChI=1S/C15H29N3O3/c1-6-13(19)11(4)18-15(21)12(5)16-7-8-17-14(20)9-10(2)3/h10-12,16H,6-9H2,1-5H3,(H,17,20)(H,18,21)/t11-,12-/m0/s1. The van der Waals surface area contributed by atoms with Gasteiger partial charge in [-0.2, -0.15) is 0 Å². The molecule has 0 saturated heterocycles. The van der Waals surface area contributed by atoms with Gasteiger partial charge in [0.05, 0.1) is 12.1 Å². The lowest BCUT2D eigenvalue weighted by atomic mass is 10.1. The van der Waals surface area contributed by atoms with Gasteiger partial charge in [-0.3, -0.25) is 14.4 Å². The van der Waals surface area contributed by atoms with Crippen LogP contribution in [0.25, 0.3) is 0 Å². The van der Waals surface area contributed by atoms with E-state index in [1.54, 1.807) is 20.8 Å². The van der Waals surface area contributed by atoms with Gasteiger partial charge >= 0.3 is 0 Å².